The number of Topliss-reactive ketones (excluding diaryl/α,β-unsaturated/α-hetero) is 1. The lowest BCUT2D eigenvalue weighted by atomic mass is 9.86. The largest absolute Gasteiger partial charge is 0.294 e. The first-order valence-electron chi connectivity index (χ1n) is 6.21. The minimum absolute atomic E-state index is 0.0374. The van der Waals surface area contributed by atoms with Gasteiger partial charge >= 0.3 is 0 Å². The fourth-order valence-electron chi connectivity index (χ4n) is 2.54. The molecule has 1 nitrogen and oxygen atoms in total. The van der Waals surface area contributed by atoms with E-state index < -0.39 is 0 Å². The van der Waals surface area contributed by atoms with E-state index >= 15 is 0 Å². The molecule has 0 fully saturated rings. The third-order valence-electron chi connectivity index (χ3n) is 3.54. The van der Waals surface area contributed by atoms with Crippen molar-refractivity contribution in [2.24, 2.45) is 0 Å². The molecular weight excluding hydrogens is 196 g/mol. The summed E-state index contributed by atoms with van der Waals surface area (Å²) in [6, 6.07) is 6.46. The van der Waals surface area contributed by atoms with Crippen LogP contribution in [0.15, 0.2) is 18.2 Å². The normalized spacial score (nSPS) is 17.6. The number of benzene rings is 1. The Labute approximate surface area is 97.9 Å². The standard InChI is InChI=1S/C15H20O/c1-4-5-6-11-7-8-13-12(9-11)14(16)10-15(13,2)3/h7-9H,4-6,10H2,1-3H3. The topological polar surface area (TPSA) is 17.1 Å². The molecule has 0 radical (unpaired) electrons. The van der Waals surface area contributed by atoms with Crippen LogP contribution in [0.2, 0.25) is 0 Å². The molecule has 1 heteroatoms. The highest BCUT2D eigenvalue weighted by molar-refractivity contribution is 6.02. The van der Waals surface area contributed by atoms with Crippen molar-refractivity contribution in [2.45, 2.75) is 51.9 Å². The predicted octanol–water partition coefficient (Wildman–Crippen LogP) is 3.89. The van der Waals surface area contributed by atoms with Crippen LogP contribution in [0, 0.1) is 0 Å². The Hall–Kier alpha value is -1.11. The van der Waals surface area contributed by atoms with Crippen molar-refractivity contribution >= 4 is 5.78 Å². The lowest BCUT2D eigenvalue weighted by Gasteiger charge is -2.17. The summed E-state index contributed by atoms with van der Waals surface area (Å²) < 4.78 is 0. The fraction of sp³-hybridized carbons (Fsp3) is 0.533. The summed E-state index contributed by atoms with van der Waals surface area (Å²) >= 11 is 0. The maximum atomic E-state index is 11.9. The number of fused-ring (bicyclic) bond motifs is 1. The van der Waals surface area contributed by atoms with Gasteiger partial charge in [0.25, 0.3) is 0 Å². The van der Waals surface area contributed by atoms with Crippen LogP contribution in [0.4, 0.5) is 0 Å². The summed E-state index contributed by atoms with van der Waals surface area (Å²) in [5.41, 5.74) is 3.55. The van der Waals surface area contributed by atoms with E-state index in [1.165, 1.54) is 24.0 Å². The van der Waals surface area contributed by atoms with Gasteiger partial charge in [-0.3, -0.25) is 4.79 Å². The maximum Gasteiger partial charge on any atom is 0.164 e. The van der Waals surface area contributed by atoms with E-state index in [9.17, 15) is 4.79 Å². The molecule has 1 aromatic carbocycles. The summed E-state index contributed by atoms with van der Waals surface area (Å²) in [7, 11) is 0. The van der Waals surface area contributed by atoms with Gasteiger partial charge in [0.15, 0.2) is 5.78 Å². The first-order valence-corrected chi connectivity index (χ1v) is 6.21. The highest BCUT2D eigenvalue weighted by atomic mass is 16.1. The van der Waals surface area contributed by atoms with Gasteiger partial charge in [-0.05, 0) is 35.4 Å². The Kier molecular flexibility index (Phi) is 2.88. The Bertz CT molecular complexity index is 415. The number of hydrogen-bond acceptors (Lipinski definition) is 1. The molecule has 0 heterocycles. The van der Waals surface area contributed by atoms with Gasteiger partial charge in [0.05, 0.1) is 0 Å². The van der Waals surface area contributed by atoms with Crippen LogP contribution in [0.3, 0.4) is 0 Å². The lowest BCUT2D eigenvalue weighted by Crippen LogP contribution is -2.12. The highest BCUT2D eigenvalue weighted by Crippen LogP contribution is 2.38. The molecule has 0 aromatic heterocycles. The van der Waals surface area contributed by atoms with E-state index in [0.29, 0.717) is 12.2 Å². The zero-order valence-electron chi connectivity index (χ0n) is 10.5. The van der Waals surface area contributed by atoms with Gasteiger partial charge in [0, 0.05) is 12.0 Å². The zero-order valence-corrected chi connectivity index (χ0v) is 10.5. The van der Waals surface area contributed by atoms with Crippen molar-refractivity contribution in [3.8, 4) is 0 Å². The quantitative estimate of drug-likeness (QED) is 0.749. The first-order chi connectivity index (χ1) is 7.54. The molecule has 0 amide bonds. The fourth-order valence-corrected chi connectivity index (χ4v) is 2.54. The highest BCUT2D eigenvalue weighted by Gasteiger charge is 2.35. The molecule has 0 saturated carbocycles. The lowest BCUT2D eigenvalue weighted by molar-refractivity contribution is 0.0979. The Morgan fingerprint density at radius 2 is 2.06 bits per heavy atom. The molecule has 0 unspecified atom stereocenters. The number of hydrogen-bond donors (Lipinski definition) is 0. The van der Waals surface area contributed by atoms with Crippen LogP contribution >= 0.6 is 0 Å². The second kappa shape index (κ2) is 4.04. The van der Waals surface area contributed by atoms with Crippen molar-refractivity contribution in [3.05, 3.63) is 34.9 Å². The average molecular weight is 216 g/mol. The van der Waals surface area contributed by atoms with E-state index in [1.807, 2.05) is 0 Å². The minimum atomic E-state index is 0.0374. The molecule has 2 rings (SSSR count). The van der Waals surface area contributed by atoms with E-state index in [-0.39, 0.29) is 5.41 Å². The molecule has 0 bridgehead atoms. The second-order valence-electron chi connectivity index (χ2n) is 5.47. The number of carbonyl (C=O) groups is 1. The molecule has 0 spiro atoms. The van der Waals surface area contributed by atoms with Crippen LogP contribution in [0.1, 0.15) is 61.5 Å². The molecule has 0 atom stereocenters. The van der Waals surface area contributed by atoms with Gasteiger partial charge in [-0.25, -0.2) is 0 Å². The molecule has 1 aliphatic carbocycles. The monoisotopic (exact) mass is 216 g/mol. The Morgan fingerprint density at radius 3 is 2.75 bits per heavy atom. The molecule has 1 aromatic rings. The van der Waals surface area contributed by atoms with Crippen molar-refractivity contribution < 1.29 is 4.79 Å². The Morgan fingerprint density at radius 1 is 1.31 bits per heavy atom. The summed E-state index contributed by atoms with van der Waals surface area (Å²) in [5.74, 6) is 0.318. The number of aryl methyl sites for hydroxylation is 1. The summed E-state index contributed by atoms with van der Waals surface area (Å²) in [4.78, 5) is 11.9. The molecule has 0 aliphatic heterocycles. The van der Waals surface area contributed by atoms with Crippen molar-refractivity contribution in [2.75, 3.05) is 0 Å². The smallest absolute Gasteiger partial charge is 0.164 e. The van der Waals surface area contributed by atoms with Gasteiger partial charge in [-0.2, -0.15) is 0 Å². The molecular formula is C15H20O. The molecule has 1 aliphatic rings. The van der Waals surface area contributed by atoms with Gasteiger partial charge in [0.2, 0.25) is 0 Å². The third-order valence-corrected chi connectivity index (χ3v) is 3.54. The van der Waals surface area contributed by atoms with Crippen LogP contribution in [0.25, 0.3) is 0 Å². The predicted molar refractivity (Wildman–Crippen MR) is 67.0 cm³/mol. The van der Waals surface area contributed by atoms with Gasteiger partial charge < -0.3 is 0 Å². The van der Waals surface area contributed by atoms with Gasteiger partial charge in [0.1, 0.15) is 0 Å². The summed E-state index contributed by atoms with van der Waals surface area (Å²) in [5, 5.41) is 0. The van der Waals surface area contributed by atoms with E-state index in [4.69, 9.17) is 0 Å². The number of carbonyl (C=O) groups excluding carboxylic acids is 1. The number of rotatable bonds is 3. The summed E-state index contributed by atoms with van der Waals surface area (Å²) in [6.45, 7) is 6.51. The maximum absolute atomic E-state index is 11.9. The number of ketones is 1. The Balaban J connectivity index is 2.33. The van der Waals surface area contributed by atoms with E-state index in [2.05, 4.69) is 39.0 Å². The van der Waals surface area contributed by atoms with Crippen LogP contribution in [-0.4, -0.2) is 5.78 Å². The van der Waals surface area contributed by atoms with Crippen molar-refractivity contribution in [3.63, 3.8) is 0 Å². The third kappa shape index (κ3) is 1.91. The molecule has 16 heavy (non-hydrogen) atoms. The van der Waals surface area contributed by atoms with Crippen molar-refractivity contribution in [1.29, 1.82) is 0 Å². The van der Waals surface area contributed by atoms with E-state index in [0.717, 1.165) is 12.0 Å². The summed E-state index contributed by atoms with van der Waals surface area (Å²) in [6.07, 6.45) is 4.17. The van der Waals surface area contributed by atoms with E-state index in [1.54, 1.807) is 0 Å². The molecule has 0 N–H and O–H groups in total. The van der Waals surface area contributed by atoms with Crippen molar-refractivity contribution in [1.82, 2.24) is 0 Å². The SMILES string of the molecule is CCCCc1ccc2c(c1)C(=O)CC2(C)C. The average Bonchev–Trinajstić information content (AvgIpc) is 2.46. The molecule has 0 saturated heterocycles. The minimum Gasteiger partial charge on any atom is -0.294 e. The van der Waals surface area contributed by atoms with Crippen LogP contribution in [0.5, 0.6) is 0 Å². The second-order valence-corrected chi connectivity index (χ2v) is 5.47. The molecule has 86 valence electrons. The number of unbranched alkanes of at least 4 members (excludes halogenated alkanes) is 1. The van der Waals surface area contributed by atoms with Crippen LogP contribution in [-0.2, 0) is 11.8 Å². The first kappa shape index (κ1) is 11.4. The van der Waals surface area contributed by atoms with Crippen LogP contribution < -0.4 is 0 Å². The van der Waals surface area contributed by atoms with Gasteiger partial charge in [-0.15, -0.1) is 0 Å². The zero-order chi connectivity index (χ0) is 11.8. The van der Waals surface area contributed by atoms with Gasteiger partial charge in [-0.1, -0.05) is 39.3 Å².